The van der Waals surface area contributed by atoms with Crippen LogP contribution in [0.15, 0.2) is 42.5 Å². The minimum atomic E-state index is 0.0928. The average molecular weight is 381 g/mol. The zero-order valence-corrected chi connectivity index (χ0v) is 16.7. The molecule has 28 heavy (non-hydrogen) atoms. The number of benzene rings is 2. The zero-order chi connectivity index (χ0) is 19.5. The van der Waals surface area contributed by atoms with Crippen molar-refractivity contribution < 1.29 is 14.5 Å². The Bertz CT molecular complexity index is 845. The number of hydrogen-bond acceptors (Lipinski definition) is 2. The smallest absolute Gasteiger partial charge is 0.226 e. The number of nitrogens with zero attached hydrogens (tertiary/aromatic N) is 2. The molecule has 0 unspecified atom stereocenters. The lowest BCUT2D eigenvalue weighted by atomic mass is 9.95. The van der Waals surface area contributed by atoms with E-state index in [9.17, 15) is 9.59 Å². The summed E-state index contributed by atoms with van der Waals surface area (Å²) in [6.07, 6.45) is 1.61. The third-order valence-electron chi connectivity index (χ3n) is 6.39. The van der Waals surface area contributed by atoms with Gasteiger partial charge in [-0.1, -0.05) is 42.5 Å². The summed E-state index contributed by atoms with van der Waals surface area (Å²) in [5, 5.41) is 2.64. The van der Waals surface area contributed by atoms with Crippen molar-refractivity contribution in [2.75, 3.05) is 39.3 Å². The molecule has 2 aromatic rings. The molecule has 4 rings (SSSR count). The summed E-state index contributed by atoms with van der Waals surface area (Å²) in [5.74, 6) is 0.513. The van der Waals surface area contributed by atoms with E-state index in [0.29, 0.717) is 5.91 Å². The predicted octanol–water partition coefficient (Wildman–Crippen LogP) is 1.33. The molecule has 0 bridgehead atoms. The molecule has 2 aliphatic rings. The summed E-state index contributed by atoms with van der Waals surface area (Å²) < 4.78 is 0. The minimum Gasteiger partial charge on any atom is -0.343 e. The molecule has 0 radical (unpaired) electrons. The third-order valence-corrected chi connectivity index (χ3v) is 6.39. The number of hydrogen-bond donors (Lipinski definition) is 1. The van der Waals surface area contributed by atoms with Crippen molar-refractivity contribution in [3.8, 4) is 0 Å². The molecule has 2 aliphatic heterocycles. The SMILES string of the molecule is CC(=O)N1CCC(C(=O)N2CC[NH+](Cc3cccc4ccccc34)CC2)CC1. The molecule has 0 spiro atoms. The Balaban J connectivity index is 1.31. The number of carbonyl (C=O) groups is 2. The van der Waals surface area contributed by atoms with Gasteiger partial charge in [0, 0.05) is 31.5 Å². The lowest BCUT2D eigenvalue weighted by Gasteiger charge is -2.37. The van der Waals surface area contributed by atoms with Crippen LogP contribution in [0.1, 0.15) is 25.3 Å². The first-order valence-corrected chi connectivity index (χ1v) is 10.5. The number of quaternary nitrogens is 1. The summed E-state index contributed by atoms with van der Waals surface area (Å²) in [5.41, 5.74) is 1.39. The van der Waals surface area contributed by atoms with Gasteiger partial charge in [-0.2, -0.15) is 0 Å². The largest absolute Gasteiger partial charge is 0.343 e. The number of nitrogens with one attached hydrogen (secondary N) is 1. The second kappa shape index (κ2) is 8.31. The number of piperazine rings is 1. The van der Waals surface area contributed by atoms with Gasteiger partial charge in [0.25, 0.3) is 0 Å². The first kappa shape index (κ1) is 18.9. The molecule has 0 aliphatic carbocycles. The van der Waals surface area contributed by atoms with Crippen molar-refractivity contribution >= 4 is 22.6 Å². The van der Waals surface area contributed by atoms with Gasteiger partial charge in [-0.3, -0.25) is 9.59 Å². The van der Waals surface area contributed by atoms with E-state index in [1.54, 1.807) is 11.8 Å². The van der Waals surface area contributed by atoms with Crippen molar-refractivity contribution in [2.45, 2.75) is 26.3 Å². The highest BCUT2D eigenvalue weighted by molar-refractivity contribution is 5.85. The van der Waals surface area contributed by atoms with E-state index in [2.05, 4.69) is 47.4 Å². The van der Waals surface area contributed by atoms with Gasteiger partial charge < -0.3 is 14.7 Å². The Kier molecular flexibility index (Phi) is 5.62. The molecular formula is C23H30N3O2+. The van der Waals surface area contributed by atoms with Gasteiger partial charge in [0.2, 0.25) is 11.8 Å². The Morgan fingerprint density at radius 3 is 2.32 bits per heavy atom. The van der Waals surface area contributed by atoms with Gasteiger partial charge in [-0.15, -0.1) is 0 Å². The molecule has 1 N–H and O–H groups in total. The number of rotatable bonds is 3. The van der Waals surface area contributed by atoms with Gasteiger partial charge in [0.1, 0.15) is 6.54 Å². The second-order valence-corrected chi connectivity index (χ2v) is 8.17. The normalized spacial score (nSPS) is 19.2. The Morgan fingerprint density at radius 1 is 0.929 bits per heavy atom. The summed E-state index contributed by atoms with van der Waals surface area (Å²) in [6, 6.07) is 15.1. The third kappa shape index (κ3) is 4.04. The van der Waals surface area contributed by atoms with E-state index in [4.69, 9.17) is 0 Å². The minimum absolute atomic E-state index is 0.0928. The lowest BCUT2D eigenvalue weighted by Crippen LogP contribution is -3.13. The number of amides is 2. The molecule has 2 heterocycles. The quantitative estimate of drug-likeness (QED) is 0.873. The highest BCUT2D eigenvalue weighted by Crippen LogP contribution is 2.20. The maximum Gasteiger partial charge on any atom is 0.226 e. The van der Waals surface area contributed by atoms with E-state index >= 15 is 0 Å². The van der Waals surface area contributed by atoms with Crippen LogP contribution in [-0.4, -0.2) is 60.9 Å². The van der Waals surface area contributed by atoms with Crippen molar-refractivity contribution in [3.63, 3.8) is 0 Å². The number of piperidine rings is 1. The zero-order valence-electron chi connectivity index (χ0n) is 16.7. The van der Waals surface area contributed by atoms with Crippen LogP contribution in [0.2, 0.25) is 0 Å². The van der Waals surface area contributed by atoms with E-state index in [-0.39, 0.29) is 11.8 Å². The van der Waals surface area contributed by atoms with Crippen LogP contribution in [0, 0.1) is 5.92 Å². The topological polar surface area (TPSA) is 45.1 Å². The first-order valence-electron chi connectivity index (χ1n) is 10.5. The summed E-state index contributed by atoms with van der Waals surface area (Å²) >= 11 is 0. The highest BCUT2D eigenvalue weighted by atomic mass is 16.2. The molecule has 2 amide bonds. The maximum absolute atomic E-state index is 12.9. The van der Waals surface area contributed by atoms with Crippen LogP contribution in [0.5, 0.6) is 0 Å². The van der Waals surface area contributed by atoms with Crippen LogP contribution in [0.3, 0.4) is 0 Å². The molecule has 5 heteroatoms. The lowest BCUT2D eigenvalue weighted by molar-refractivity contribution is -0.917. The highest BCUT2D eigenvalue weighted by Gasteiger charge is 2.32. The maximum atomic E-state index is 12.9. The predicted molar refractivity (Wildman–Crippen MR) is 110 cm³/mol. The van der Waals surface area contributed by atoms with Crippen molar-refractivity contribution in [1.29, 1.82) is 0 Å². The molecular weight excluding hydrogens is 350 g/mol. The molecule has 2 saturated heterocycles. The van der Waals surface area contributed by atoms with E-state index in [1.165, 1.54) is 16.3 Å². The summed E-state index contributed by atoms with van der Waals surface area (Å²) in [7, 11) is 0. The van der Waals surface area contributed by atoms with Crippen molar-refractivity contribution in [1.82, 2.24) is 9.80 Å². The van der Waals surface area contributed by atoms with E-state index < -0.39 is 0 Å². The van der Waals surface area contributed by atoms with Gasteiger partial charge in [0.15, 0.2) is 0 Å². The summed E-state index contributed by atoms with van der Waals surface area (Å²) in [6.45, 7) is 7.75. The molecule has 0 atom stereocenters. The van der Waals surface area contributed by atoms with Crippen molar-refractivity contribution in [3.05, 3.63) is 48.0 Å². The molecule has 2 fully saturated rings. The Labute approximate surface area is 166 Å². The summed E-state index contributed by atoms with van der Waals surface area (Å²) in [4.78, 5) is 29.8. The number of fused-ring (bicyclic) bond motifs is 1. The van der Waals surface area contributed by atoms with Gasteiger partial charge >= 0.3 is 0 Å². The fourth-order valence-corrected chi connectivity index (χ4v) is 4.64. The van der Waals surface area contributed by atoms with Crippen LogP contribution in [0.4, 0.5) is 0 Å². The monoisotopic (exact) mass is 380 g/mol. The van der Waals surface area contributed by atoms with Crippen LogP contribution < -0.4 is 4.90 Å². The number of likely N-dealkylation sites (tertiary alicyclic amines) is 1. The van der Waals surface area contributed by atoms with Gasteiger partial charge in [-0.05, 0) is 23.6 Å². The van der Waals surface area contributed by atoms with Crippen LogP contribution in [-0.2, 0) is 16.1 Å². The van der Waals surface area contributed by atoms with Crippen LogP contribution in [0.25, 0.3) is 10.8 Å². The molecule has 0 saturated carbocycles. The van der Waals surface area contributed by atoms with Gasteiger partial charge in [0.05, 0.1) is 26.2 Å². The van der Waals surface area contributed by atoms with Gasteiger partial charge in [-0.25, -0.2) is 0 Å². The standard InChI is InChI=1S/C23H29N3O2/c1-18(27)25-11-9-20(10-12-25)23(28)26-15-13-24(14-16-26)17-21-7-4-6-19-5-2-3-8-22(19)21/h2-8,20H,9-17H2,1H3/p+1. The molecule has 2 aromatic carbocycles. The fraction of sp³-hybridized carbons (Fsp3) is 0.478. The average Bonchev–Trinajstić information content (AvgIpc) is 2.74. The Hall–Kier alpha value is -2.40. The fourth-order valence-electron chi connectivity index (χ4n) is 4.64. The second-order valence-electron chi connectivity index (χ2n) is 8.17. The molecule has 148 valence electrons. The van der Waals surface area contributed by atoms with Crippen molar-refractivity contribution in [2.24, 2.45) is 5.92 Å². The van der Waals surface area contributed by atoms with E-state index in [0.717, 1.165) is 58.7 Å². The molecule has 5 nitrogen and oxygen atoms in total. The van der Waals surface area contributed by atoms with E-state index in [1.807, 2.05) is 4.90 Å². The number of carbonyl (C=O) groups excluding carboxylic acids is 2. The molecule has 0 aromatic heterocycles. The first-order chi connectivity index (χ1) is 13.6. The Morgan fingerprint density at radius 2 is 1.61 bits per heavy atom. The van der Waals surface area contributed by atoms with Crippen LogP contribution >= 0.6 is 0 Å².